The monoisotopic (exact) mass is 521 g/mol. The van der Waals surface area contributed by atoms with Crippen LogP contribution in [-0.2, 0) is 19.6 Å². The van der Waals surface area contributed by atoms with E-state index in [0.717, 1.165) is 35.0 Å². The maximum absolute atomic E-state index is 6.25. The molecule has 0 saturated heterocycles. The zero-order chi connectivity index (χ0) is 22.2. The Hall–Kier alpha value is -1.72. The molecule has 0 aliphatic heterocycles. The van der Waals surface area contributed by atoms with Crippen LogP contribution in [0.25, 0.3) is 0 Å². The second kappa shape index (κ2) is 11.8. The van der Waals surface area contributed by atoms with Gasteiger partial charge in [0.05, 0.1) is 7.11 Å². The minimum atomic E-state index is 0.259. The fraction of sp³-hybridized carbons (Fsp3) is 0.280. The number of benzene rings is 3. The number of ether oxygens (including phenoxy) is 2. The average Bonchev–Trinajstić information content (AvgIpc) is 2.77. The highest BCUT2D eigenvalue weighted by Crippen LogP contribution is 2.35. The molecular formula is C25H26BrCl2NO2. The standard InChI is InChI=1S/C25H26BrCl2NO2/c1-17(11-12-18-7-4-3-5-8-18)29-15-19-13-24(30-2)25(14-21(19)26)31-16-20-22(27)9-6-10-23(20)28/h3-10,13-14,17,29H,11-12,15-16H2,1-2H3. The van der Waals surface area contributed by atoms with Gasteiger partial charge in [0.15, 0.2) is 11.5 Å². The molecule has 0 aliphatic carbocycles. The van der Waals surface area contributed by atoms with E-state index in [-0.39, 0.29) is 6.61 Å². The molecule has 0 aromatic heterocycles. The molecule has 0 spiro atoms. The lowest BCUT2D eigenvalue weighted by atomic mass is 10.1. The van der Waals surface area contributed by atoms with Gasteiger partial charge in [0.1, 0.15) is 6.61 Å². The molecule has 0 amide bonds. The van der Waals surface area contributed by atoms with Crippen LogP contribution in [0.5, 0.6) is 11.5 Å². The fourth-order valence-electron chi connectivity index (χ4n) is 3.22. The SMILES string of the molecule is COc1cc(CNC(C)CCc2ccccc2)c(Br)cc1OCc1c(Cl)cccc1Cl. The summed E-state index contributed by atoms with van der Waals surface area (Å²) >= 11 is 16.2. The summed E-state index contributed by atoms with van der Waals surface area (Å²) in [5.41, 5.74) is 3.22. The van der Waals surface area contributed by atoms with Gasteiger partial charge in [0, 0.05) is 32.7 Å². The lowest BCUT2D eigenvalue weighted by Gasteiger charge is -2.17. The molecule has 0 radical (unpaired) electrons. The van der Waals surface area contributed by atoms with Crippen molar-refractivity contribution in [1.29, 1.82) is 0 Å². The van der Waals surface area contributed by atoms with E-state index in [9.17, 15) is 0 Å². The molecule has 164 valence electrons. The van der Waals surface area contributed by atoms with Gasteiger partial charge < -0.3 is 14.8 Å². The van der Waals surface area contributed by atoms with Crippen LogP contribution in [-0.4, -0.2) is 13.2 Å². The van der Waals surface area contributed by atoms with E-state index in [2.05, 4.69) is 52.4 Å². The topological polar surface area (TPSA) is 30.5 Å². The molecule has 0 aliphatic rings. The molecule has 1 unspecified atom stereocenters. The van der Waals surface area contributed by atoms with Crippen LogP contribution in [0.4, 0.5) is 0 Å². The van der Waals surface area contributed by atoms with Gasteiger partial charge in [-0.3, -0.25) is 0 Å². The largest absolute Gasteiger partial charge is 0.493 e. The fourth-order valence-corrected chi connectivity index (χ4v) is 4.19. The quantitative estimate of drug-likeness (QED) is 0.300. The predicted octanol–water partition coefficient (Wildman–Crippen LogP) is 7.45. The van der Waals surface area contributed by atoms with Crippen molar-refractivity contribution in [3.8, 4) is 11.5 Å². The molecule has 3 rings (SSSR count). The first-order valence-corrected chi connectivity index (χ1v) is 11.7. The summed E-state index contributed by atoms with van der Waals surface area (Å²) < 4.78 is 12.5. The molecule has 1 atom stereocenters. The second-order valence-corrected chi connectivity index (χ2v) is 9.06. The Morgan fingerprint density at radius 3 is 2.35 bits per heavy atom. The highest BCUT2D eigenvalue weighted by Gasteiger charge is 2.13. The molecule has 0 fully saturated rings. The van der Waals surface area contributed by atoms with E-state index in [4.69, 9.17) is 32.7 Å². The molecule has 6 heteroatoms. The van der Waals surface area contributed by atoms with Crippen molar-refractivity contribution in [2.45, 2.75) is 39.0 Å². The van der Waals surface area contributed by atoms with E-state index in [1.165, 1.54) is 5.56 Å². The van der Waals surface area contributed by atoms with E-state index in [1.807, 2.05) is 24.3 Å². The maximum Gasteiger partial charge on any atom is 0.162 e. The first-order valence-electron chi connectivity index (χ1n) is 10.2. The summed E-state index contributed by atoms with van der Waals surface area (Å²) in [7, 11) is 1.64. The van der Waals surface area contributed by atoms with E-state index in [1.54, 1.807) is 19.2 Å². The van der Waals surface area contributed by atoms with Gasteiger partial charge in [-0.25, -0.2) is 0 Å². The van der Waals surface area contributed by atoms with Gasteiger partial charge >= 0.3 is 0 Å². The number of aryl methyl sites for hydroxylation is 1. The van der Waals surface area contributed by atoms with Crippen molar-refractivity contribution >= 4 is 39.1 Å². The first-order chi connectivity index (χ1) is 15.0. The van der Waals surface area contributed by atoms with Gasteiger partial charge in [0.25, 0.3) is 0 Å². The van der Waals surface area contributed by atoms with Gasteiger partial charge in [-0.2, -0.15) is 0 Å². The number of hydrogen-bond acceptors (Lipinski definition) is 3. The molecule has 0 saturated carbocycles. The number of halogens is 3. The summed E-state index contributed by atoms with van der Waals surface area (Å²) in [5.74, 6) is 1.30. The number of methoxy groups -OCH3 is 1. The van der Waals surface area contributed by atoms with E-state index < -0.39 is 0 Å². The Morgan fingerprint density at radius 2 is 1.68 bits per heavy atom. The van der Waals surface area contributed by atoms with Crippen LogP contribution in [0.3, 0.4) is 0 Å². The van der Waals surface area contributed by atoms with Gasteiger partial charge in [0.2, 0.25) is 0 Å². The number of nitrogens with one attached hydrogen (secondary N) is 1. The Balaban J connectivity index is 1.60. The average molecular weight is 523 g/mol. The molecule has 0 bridgehead atoms. The van der Waals surface area contributed by atoms with E-state index >= 15 is 0 Å². The highest BCUT2D eigenvalue weighted by molar-refractivity contribution is 9.10. The Bertz CT molecular complexity index is 978. The lowest BCUT2D eigenvalue weighted by molar-refractivity contribution is 0.284. The molecule has 0 heterocycles. The van der Waals surface area contributed by atoms with Crippen LogP contribution in [0, 0.1) is 0 Å². The van der Waals surface area contributed by atoms with Crippen molar-refractivity contribution in [3.05, 3.63) is 91.9 Å². The first kappa shape index (κ1) is 23.9. The third-order valence-electron chi connectivity index (χ3n) is 5.12. The summed E-state index contributed by atoms with van der Waals surface area (Å²) in [6.07, 6.45) is 2.12. The zero-order valence-electron chi connectivity index (χ0n) is 17.6. The number of hydrogen-bond donors (Lipinski definition) is 1. The Kier molecular flexibility index (Phi) is 9.09. The van der Waals surface area contributed by atoms with Crippen molar-refractivity contribution < 1.29 is 9.47 Å². The smallest absolute Gasteiger partial charge is 0.162 e. The molecular weight excluding hydrogens is 497 g/mol. The number of rotatable bonds is 10. The maximum atomic E-state index is 6.25. The Labute approximate surface area is 202 Å². The second-order valence-electron chi connectivity index (χ2n) is 7.39. The lowest BCUT2D eigenvalue weighted by Crippen LogP contribution is -2.26. The van der Waals surface area contributed by atoms with Crippen molar-refractivity contribution in [2.24, 2.45) is 0 Å². The summed E-state index contributed by atoms with van der Waals surface area (Å²) in [6, 6.07) is 20.3. The minimum absolute atomic E-state index is 0.259. The molecule has 1 N–H and O–H groups in total. The van der Waals surface area contributed by atoms with Crippen LogP contribution in [0.2, 0.25) is 10.0 Å². The third-order valence-corrected chi connectivity index (χ3v) is 6.56. The highest BCUT2D eigenvalue weighted by atomic mass is 79.9. The van der Waals surface area contributed by atoms with Crippen molar-refractivity contribution in [1.82, 2.24) is 5.32 Å². The Morgan fingerprint density at radius 1 is 0.968 bits per heavy atom. The van der Waals surface area contributed by atoms with Crippen LogP contribution < -0.4 is 14.8 Å². The molecule has 31 heavy (non-hydrogen) atoms. The minimum Gasteiger partial charge on any atom is -0.493 e. The van der Waals surface area contributed by atoms with Crippen LogP contribution >= 0.6 is 39.1 Å². The van der Waals surface area contributed by atoms with E-state index in [0.29, 0.717) is 27.6 Å². The van der Waals surface area contributed by atoms with Crippen LogP contribution in [0.15, 0.2) is 65.1 Å². The normalized spacial score (nSPS) is 11.9. The molecule has 3 aromatic rings. The van der Waals surface area contributed by atoms with Gasteiger partial charge in [-0.15, -0.1) is 0 Å². The summed E-state index contributed by atoms with van der Waals surface area (Å²) in [6.45, 7) is 3.19. The molecule has 3 nitrogen and oxygen atoms in total. The summed E-state index contributed by atoms with van der Waals surface area (Å²) in [5, 5.41) is 4.75. The van der Waals surface area contributed by atoms with Gasteiger partial charge in [-0.1, -0.05) is 75.5 Å². The zero-order valence-corrected chi connectivity index (χ0v) is 20.7. The van der Waals surface area contributed by atoms with Crippen molar-refractivity contribution in [2.75, 3.05) is 7.11 Å². The molecule has 3 aromatic carbocycles. The summed E-state index contributed by atoms with van der Waals surface area (Å²) in [4.78, 5) is 0. The third kappa shape index (κ3) is 6.88. The van der Waals surface area contributed by atoms with Crippen molar-refractivity contribution in [3.63, 3.8) is 0 Å². The predicted molar refractivity (Wildman–Crippen MR) is 133 cm³/mol. The van der Waals surface area contributed by atoms with Gasteiger partial charge in [-0.05, 0) is 55.2 Å². The van der Waals surface area contributed by atoms with Crippen LogP contribution in [0.1, 0.15) is 30.0 Å².